The Morgan fingerprint density at radius 2 is 2.33 bits per heavy atom. The minimum absolute atomic E-state index is 0.125. The van der Waals surface area contributed by atoms with Gasteiger partial charge in [-0.15, -0.1) is 0 Å². The van der Waals surface area contributed by atoms with Crippen LogP contribution in [0, 0.1) is 0 Å². The number of amides is 2. The molecule has 2 aliphatic rings. The van der Waals surface area contributed by atoms with Gasteiger partial charge in [0, 0.05) is 25.2 Å². The third-order valence-corrected chi connectivity index (χ3v) is 3.46. The third-order valence-electron chi connectivity index (χ3n) is 3.46. The average molecular weight is 211 g/mol. The molecule has 15 heavy (non-hydrogen) atoms. The van der Waals surface area contributed by atoms with E-state index < -0.39 is 0 Å². The number of rotatable bonds is 4. The first kappa shape index (κ1) is 10.7. The number of urea groups is 1. The molecule has 0 aromatic carbocycles. The van der Waals surface area contributed by atoms with E-state index >= 15 is 0 Å². The van der Waals surface area contributed by atoms with Crippen molar-refractivity contribution in [1.82, 2.24) is 15.5 Å². The number of nitrogens with one attached hydrogen (secondary N) is 2. The molecule has 86 valence electrons. The number of carbonyl (C=O) groups excluding carboxylic acids is 1. The van der Waals surface area contributed by atoms with E-state index in [0.29, 0.717) is 12.1 Å². The van der Waals surface area contributed by atoms with Crippen molar-refractivity contribution >= 4 is 6.03 Å². The van der Waals surface area contributed by atoms with Crippen LogP contribution in [0.5, 0.6) is 0 Å². The maximum absolute atomic E-state index is 11.5. The highest BCUT2D eigenvalue weighted by molar-refractivity contribution is 5.76. The van der Waals surface area contributed by atoms with Crippen molar-refractivity contribution < 1.29 is 4.79 Å². The normalized spacial score (nSPS) is 31.0. The molecule has 2 N–H and O–H groups in total. The highest BCUT2D eigenvalue weighted by Crippen LogP contribution is 2.12. The molecule has 2 fully saturated rings. The lowest BCUT2D eigenvalue weighted by atomic mass is 10.1. The van der Waals surface area contributed by atoms with Gasteiger partial charge in [-0.25, -0.2) is 4.79 Å². The SMILES string of the molecule is CCC1CN(CCC2CCCN2)C(=O)N1. The van der Waals surface area contributed by atoms with Crippen LogP contribution in [0.1, 0.15) is 32.6 Å². The van der Waals surface area contributed by atoms with Gasteiger partial charge in [-0.05, 0) is 32.2 Å². The van der Waals surface area contributed by atoms with Gasteiger partial charge in [-0.1, -0.05) is 6.92 Å². The number of nitrogens with zero attached hydrogens (tertiary/aromatic N) is 1. The molecule has 2 amide bonds. The lowest BCUT2D eigenvalue weighted by molar-refractivity contribution is 0.215. The Morgan fingerprint density at radius 3 is 2.93 bits per heavy atom. The van der Waals surface area contributed by atoms with Crippen molar-refractivity contribution in [3.63, 3.8) is 0 Å². The maximum atomic E-state index is 11.5. The highest BCUT2D eigenvalue weighted by Gasteiger charge is 2.27. The molecule has 2 rings (SSSR count). The van der Waals surface area contributed by atoms with E-state index in [2.05, 4.69) is 17.6 Å². The Kier molecular flexibility index (Phi) is 3.46. The van der Waals surface area contributed by atoms with E-state index in [1.165, 1.54) is 12.8 Å². The van der Waals surface area contributed by atoms with Gasteiger partial charge in [0.1, 0.15) is 0 Å². The summed E-state index contributed by atoms with van der Waals surface area (Å²) in [5.41, 5.74) is 0. The Morgan fingerprint density at radius 1 is 1.47 bits per heavy atom. The fourth-order valence-electron chi connectivity index (χ4n) is 2.40. The molecule has 0 saturated carbocycles. The second kappa shape index (κ2) is 4.84. The predicted molar refractivity (Wildman–Crippen MR) is 59.8 cm³/mol. The molecule has 0 spiro atoms. The minimum atomic E-state index is 0.125. The molecule has 0 bridgehead atoms. The first-order chi connectivity index (χ1) is 7.29. The molecule has 2 unspecified atom stereocenters. The first-order valence-electron chi connectivity index (χ1n) is 6.08. The molecule has 2 aliphatic heterocycles. The average Bonchev–Trinajstić information content (AvgIpc) is 2.84. The second-order valence-electron chi connectivity index (χ2n) is 4.58. The minimum Gasteiger partial charge on any atom is -0.333 e. The maximum Gasteiger partial charge on any atom is 0.317 e. The fourth-order valence-corrected chi connectivity index (χ4v) is 2.40. The Bertz CT molecular complexity index is 226. The van der Waals surface area contributed by atoms with E-state index in [9.17, 15) is 4.79 Å². The van der Waals surface area contributed by atoms with Crippen LogP contribution in [0.3, 0.4) is 0 Å². The van der Waals surface area contributed by atoms with E-state index in [0.717, 1.165) is 32.5 Å². The molecular weight excluding hydrogens is 190 g/mol. The molecule has 0 aromatic heterocycles. The zero-order chi connectivity index (χ0) is 10.7. The second-order valence-corrected chi connectivity index (χ2v) is 4.58. The van der Waals surface area contributed by atoms with Crippen LogP contribution in [0.2, 0.25) is 0 Å². The highest BCUT2D eigenvalue weighted by atomic mass is 16.2. The van der Waals surface area contributed by atoms with Crippen LogP contribution < -0.4 is 10.6 Å². The molecule has 4 heteroatoms. The molecular formula is C11H21N3O. The summed E-state index contributed by atoms with van der Waals surface area (Å²) in [5, 5.41) is 6.46. The van der Waals surface area contributed by atoms with E-state index in [1.54, 1.807) is 0 Å². The Labute approximate surface area is 91.4 Å². The smallest absolute Gasteiger partial charge is 0.317 e. The quantitative estimate of drug-likeness (QED) is 0.726. The van der Waals surface area contributed by atoms with Crippen LogP contribution in [-0.2, 0) is 0 Å². The number of hydrogen-bond acceptors (Lipinski definition) is 2. The standard InChI is InChI=1S/C11H21N3O/c1-2-9-8-14(11(15)13-9)7-5-10-4-3-6-12-10/h9-10,12H,2-8H2,1H3,(H,13,15). The first-order valence-corrected chi connectivity index (χ1v) is 6.08. The van der Waals surface area contributed by atoms with Gasteiger partial charge in [-0.2, -0.15) is 0 Å². The summed E-state index contributed by atoms with van der Waals surface area (Å²) < 4.78 is 0. The molecule has 2 heterocycles. The van der Waals surface area contributed by atoms with Crippen LogP contribution in [-0.4, -0.2) is 42.6 Å². The molecule has 0 aliphatic carbocycles. The van der Waals surface area contributed by atoms with Gasteiger partial charge >= 0.3 is 6.03 Å². The fraction of sp³-hybridized carbons (Fsp3) is 0.909. The summed E-state index contributed by atoms with van der Waals surface area (Å²) >= 11 is 0. The Hall–Kier alpha value is -0.770. The zero-order valence-corrected chi connectivity index (χ0v) is 9.46. The van der Waals surface area contributed by atoms with Crippen LogP contribution in [0.25, 0.3) is 0 Å². The number of hydrogen-bond donors (Lipinski definition) is 2. The van der Waals surface area contributed by atoms with Crippen LogP contribution >= 0.6 is 0 Å². The van der Waals surface area contributed by atoms with Gasteiger partial charge in [0.25, 0.3) is 0 Å². The lowest BCUT2D eigenvalue weighted by Gasteiger charge is -2.17. The zero-order valence-electron chi connectivity index (χ0n) is 9.46. The molecule has 2 atom stereocenters. The van der Waals surface area contributed by atoms with E-state index in [-0.39, 0.29) is 6.03 Å². The summed E-state index contributed by atoms with van der Waals surface area (Å²) in [6, 6.07) is 1.13. The van der Waals surface area contributed by atoms with Gasteiger partial charge < -0.3 is 15.5 Å². The molecule has 0 aromatic rings. The summed E-state index contributed by atoms with van der Waals surface area (Å²) in [4.78, 5) is 13.5. The number of carbonyl (C=O) groups is 1. The van der Waals surface area contributed by atoms with Crippen molar-refractivity contribution in [3.8, 4) is 0 Å². The van der Waals surface area contributed by atoms with Crippen molar-refractivity contribution in [3.05, 3.63) is 0 Å². The van der Waals surface area contributed by atoms with Crippen molar-refractivity contribution in [1.29, 1.82) is 0 Å². The summed E-state index contributed by atoms with van der Waals surface area (Å²) in [6.07, 6.45) is 4.69. The van der Waals surface area contributed by atoms with Gasteiger partial charge in [-0.3, -0.25) is 0 Å². The largest absolute Gasteiger partial charge is 0.333 e. The van der Waals surface area contributed by atoms with Crippen LogP contribution in [0.4, 0.5) is 4.79 Å². The summed E-state index contributed by atoms with van der Waals surface area (Å²) in [7, 11) is 0. The Balaban J connectivity index is 1.72. The molecule has 0 radical (unpaired) electrons. The molecule has 2 saturated heterocycles. The monoisotopic (exact) mass is 211 g/mol. The van der Waals surface area contributed by atoms with Crippen molar-refractivity contribution in [2.24, 2.45) is 0 Å². The van der Waals surface area contributed by atoms with Crippen molar-refractivity contribution in [2.45, 2.75) is 44.7 Å². The van der Waals surface area contributed by atoms with Crippen molar-refractivity contribution in [2.75, 3.05) is 19.6 Å². The predicted octanol–water partition coefficient (Wildman–Crippen LogP) is 0.932. The van der Waals surface area contributed by atoms with Gasteiger partial charge in [0.05, 0.1) is 0 Å². The summed E-state index contributed by atoms with van der Waals surface area (Å²) in [6.45, 7) is 5.06. The topological polar surface area (TPSA) is 44.4 Å². The van der Waals surface area contributed by atoms with E-state index in [1.807, 2.05) is 4.90 Å². The lowest BCUT2D eigenvalue weighted by Crippen LogP contribution is -2.33. The molecule has 4 nitrogen and oxygen atoms in total. The van der Waals surface area contributed by atoms with Gasteiger partial charge in [0.15, 0.2) is 0 Å². The summed E-state index contributed by atoms with van der Waals surface area (Å²) in [5.74, 6) is 0. The van der Waals surface area contributed by atoms with Crippen LogP contribution in [0.15, 0.2) is 0 Å². The van der Waals surface area contributed by atoms with E-state index in [4.69, 9.17) is 0 Å². The third kappa shape index (κ3) is 2.62. The van der Waals surface area contributed by atoms with Gasteiger partial charge in [0.2, 0.25) is 0 Å².